The van der Waals surface area contributed by atoms with Crippen molar-refractivity contribution in [2.24, 2.45) is 7.05 Å². The fourth-order valence-electron chi connectivity index (χ4n) is 4.12. The molecule has 0 saturated carbocycles. The average molecular weight is 431 g/mol. The maximum atomic E-state index is 12.8. The van der Waals surface area contributed by atoms with Crippen LogP contribution in [0.5, 0.6) is 0 Å². The van der Waals surface area contributed by atoms with E-state index in [1.807, 2.05) is 55.2 Å². The fourth-order valence-corrected chi connectivity index (χ4v) is 4.12. The number of morpholine rings is 1. The van der Waals surface area contributed by atoms with Gasteiger partial charge in [-0.2, -0.15) is 0 Å². The van der Waals surface area contributed by atoms with Crippen LogP contribution < -0.4 is 10.5 Å². The molecule has 1 aliphatic rings. The Hall–Kier alpha value is -3.52. The predicted octanol–water partition coefficient (Wildman–Crippen LogP) is 2.69. The zero-order valence-corrected chi connectivity index (χ0v) is 18.6. The van der Waals surface area contributed by atoms with Crippen molar-refractivity contribution in [1.29, 1.82) is 0 Å². The third-order valence-corrected chi connectivity index (χ3v) is 6.07. The Morgan fingerprint density at radius 2 is 1.75 bits per heavy atom. The maximum Gasteiger partial charge on any atom is 0.274 e. The third kappa shape index (κ3) is 3.67. The van der Waals surface area contributed by atoms with Crippen LogP contribution in [0.3, 0.4) is 0 Å². The first kappa shape index (κ1) is 20.4. The Morgan fingerprint density at radius 1 is 1.00 bits per heavy atom. The lowest BCUT2D eigenvalue weighted by atomic mass is 10.1. The predicted molar refractivity (Wildman–Crippen MR) is 124 cm³/mol. The highest BCUT2D eigenvalue weighted by molar-refractivity contribution is 5.84. The molecule has 0 unspecified atom stereocenters. The number of fused-ring (bicyclic) bond motifs is 1. The van der Waals surface area contributed by atoms with Crippen LogP contribution in [-0.4, -0.2) is 50.6 Å². The van der Waals surface area contributed by atoms with E-state index in [0.29, 0.717) is 25.1 Å². The van der Waals surface area contributed by atoms with Gasteiger partial charge in [0, 0.05) is 43.8 Å². The molecule has 0 N–H and O–H groups in total. The van der Waals surface area contributed by atoms with Crippen molar-refractivity contribution in [3.05, 3.63) is 70.0 Å². The zero-order chi connectivity index (χ0) is 22.2. The first-order valence-corrected chi connectivity index (χ1v) is 10.8. The molecule has 8 nitrogen and oxygen atoms in total. The van der Waals surface area contributed by atoms with Crippen molar-refractivity contribution in [1.82, 2.24) is 24.3 Å². The summed E-state index contributed by atoms with van der Waals surface area (Å²) in [6.45, 7) is 7.55. The van der Waals surface area contributed by atoms with Crippen LogP contribution >= 0.6 is 0 Å². The minimum atomic E-state index is -0.0178. The number of rotatable bonds is 4. The number of hydrogen-bond donors (Lipinski definition) is 0. The van der Waals surface area contributed by atoms with Gasteiger partial charge >= 0.3 is 0 Å². The fraction of sp³-hybridized carbons (Fsp3) is 0.333. The van der Waals surface area contributed by atoms with Crippen molar-refractivity contribution in [2.45, 2.75) is 20.4 Å². The molecule has 1 aromatic carbocycles. The van der Waals surface area contributed by atoms with E-state index in [2.05, 4.69) is 20.9 Å². The molecule has 0 bridgehead atoms. The van der Waals surface area contributed by atoms with E-state index in [4.69, 9.17) is 9.72 Å². The SMILES string of the molecule is Cc1ccc(C)c(Cn2c3cc(-c4cnc(N5CCOCC5)nc4)ccc3c(=O)n2C)n1. The second-order valence-corrected chi connectivity index (χ2v) is 8.21. The monoisotopic (exact) mass is 430 g/mol. The number of hydrogen-bond acceptors (Lipinski definition) is 6. The molecule has 0 aliphatic carbocycles. The molecule has 0 radical (unpaired) electrons. The van der Waals surface area contributed by atoms with Gasteiger partial charge in [0.25, 0.3) is 5.56 Å². The Kier molecular flexibility index (Phi) is 5.22. The number of pyridine rings is 1. The molecular weight excluding hydrogens is 404 g/mol. The summed E-state index contributed by atoms with van der Waals surface area (Å²) in [6.07, 6.45) is 3.69. The van der Waals surface area contributed by atoms with Crippen LogP contribution in [0.15, 0.2) is 47.5 Å². The molecule has 5 rings (SSSR count). The summed E-state index contributed by atoms with van der Waals surface area (Å²) in [5.41, 5.74) is 5.76. The summed E-state index contributed by atoms with van der Waals surface area (Å²) >= 11 is 0. The Bertz CT molecular complexity index is 1330. The second-order valence-electron chi connectivity index (χ2n) is 8.21. The van der Waals surface area contributed by atoms with Gasteiger partial charge < -0.3 is 9.64 Å². The van der Waals surface area contributed by atoms with E-state index in [0.717, 1.165) is 52.6 Å². The summed E-state index contributed by atoms with van der Waals surface area (Å²) in [5, 5.41) is 0.687. The van der Waals surface area contributed by atoms with Crippen LogP contribution in [0.2, 0.25) is 0 Å². The number of benzene rings is 1. The third-order valence-electron chi connectivity index (χ3n) is 6.07. The van der Waals surface area contributed by atoms with Crippen LogP contribution in [0, 0.1) is 13.8 Å². The standard InChI is InChI=1S/C24H26N6O2/c1-16-4-5-17(2)27-21(16)15-30-22-12-18(6-7-20(22)23(31)28(30)3)19-13-25-24(26-14-19)29-8-10-32-11-9-29/h4-7,12-14H,8-11,15H2,1-3H3. The van der Waals surface area contributed by atoms with Gasteiger partial charge in [-0.25, -0.2) is 9.97 Å². The van der Waals surface area contributed by atoms with Gasteiger partial charge in [-0.3, -0.25) is 19.1 Å². The van der Waals surface area contributed by atoms with Gasteiger partial charge in [0.15, 0.2) is 0 Å². The van der Waals surface area contributed by atoms with Gasteiger partial charge in [-0.1, -0.05) is 12.1 Å². The van der Waals surface area contributed by atoms with E-state index in [1.165, 1.54) is 0 Å². The van der Waals surface area contributed by atoms with Crippen LogP contribution in [-0.2, 0) is 18.3 Å². The van der Waals surface area contributed by atoms with E-state index in [1.54, 1.807) is 11.7 Å². The number of anilines is 1. The molecule has 8 heteroatoms. The van der Waals surface area contributed by atoms with E-state index in [-0.39, 0.29) is 5.56 Å². The van der Waals surface area contributed by atoms with Crippen LogP contribution in [0.1, 0.15) is 17.0 Å². The quantitative estimate of drug-likeness (QED) is 0.495. The molecule has 0 spiro atoms. The van der Waals surface area contributed by atoms with Gasteiger partial charge in [0.1, 0.15) is 0 Å². The molecule has 32 heavy (non-hydrogen) atoms. The number of ether oxygens (including phenoxy) is 1. The van der Waals surface area contributed by atoms with E-state index < -0.39 is 0 Å². The molecule has 1 saturated heterocycles. The average Bonchev–Trinajstić information content (AvgIpc) is 3.06. The van der Waals surface area contributed by atoms with Crippen LogP contribution in [0.4, 0.5) is 5.95 Å². The molecular formula is C24H26N6O2. The smallest absolute Gasteiger partial charge is 0.274 e. The molecule has 4 heterocycles. The highest BCUT2D eigenvalue weighted by Crippen LogP contribution is 2.24. The van der Waals surface area contributed by atoms with Gasteiger partial charge in [0.05, 0.1) is 36.4 Å². The Morgan fingerprint density at radius 3 is 2.50 bits per heavy atom. The summed E-state index contributed by atoms with van der Waals surface area (Å²) in [7, 11) is 1.80. The minimum absolute atomic E-state index is 0.0178. The highest BCUT2D eigenvalue weighted by atomic mass is 16.5. The van der Waals surface area contributed by atoms with E-state index in [9.17, 15) is 4.79 Å². The molecule has 4 aromatic rings. The van der Waals surface area contributed by atoms with Gasteiger partial charge in [-0.15, -0.1) is 0 Å². The normalized spacial score (nSPS) is 14.3. The van der Waals surface area contributed by atoms with Gasteiger partial charge in [-0.05, 0) is 43.2 Å². The van der Waals surface area contributed by atoms with E-state index >= 15 is 0 Å². The number of nitrogens with zero attached hydrogens (tertiary/aromatic N) is 6. The molecule has 0 atom stereocenters. The first-order valence-electron chi connectivity index (χ1n) is 10.8. The lowest BCUT2D eigenvalue weighted by Crippen LogP contribution is -2.37. The van der Waals surface area contributed by atoms with Crippen molar-refractivity contribution in [3.63, 3.8) is 0 Å². The second kappa shape index (κ2) is 8.20. The summed E-state index contributed by atoms with van der Waals surface area (Å²) in [4.78, 5) is 28.8. The van der Waals surface area contributed by atoms with Gasteiger partial charge in [0.2, 0.25) is 5.95 Å². The highest BCUT2D eigenvalue weighted by Gasteiger charge is 2.16. The molecule has 164 valence electrons. The summed E-state index contributed by atoms with van der Waals surface area (Å²) in [5.74, 6) is 0.718. The maximum absolute atomic E-state index is 12.8. The molecule has 3 aromatic heterocycles. The lowest BCUT2D eigenvalue weighted by molar-refractivity contribution is 0.122. The van der Waals surface area contributed by atoms with Crippen molar-refractivity contribution in [2.75, 3.05) is 31.2 Å². The summed E-state index contributed by atoms with van der Waals surface area (Å²) < 4.78 is 9.05. The van der Waals surface area contributed by atoms with Crippen LogP contribution in [0.25, 0.3) is 22.0 Å². The Labute approximate surface area is 186 Å². The minimum Gasteiger partial charge on any atom is -0.378 e. The lowest BCUT2D eigenvalue weighted by Gasteiger charge is -2.26. The molecule has 0 amide bonds. The number of aromatic nitrogens is 5. The topological polar surface area (TPSA) is 78.1 Å². The zero-order valence-electron chi connectivity index (χ0n) is 18.6. The Balaban J connectivity index is 1.52. The van der Waals surface area contributed by atoms with Crippen molar-refractivity contribution >= 4 is 16.9 Å². The first-order chi connectivity index (χ1) is 15.5. The molecule has 1 aliphatic heterocycles. The number of aryl methyl sites for hydroxylation is 2. The van der Waals surface area contributed by atoms with Crippen molar-refractivity contribution in [3.8, 4) is 11.1 Å². The molecule has 1 fully saturated rings. The largest absolute Gasteiger partial charge is 0.378 e. The van der Waals surface area contributed by atoms with Crippen molar-refractivity contribution < 1.29 is 4.74 Å². The summed E-state index contributed by atoms with van der Waals surface area (Å²) in [6, 6.07) is 9.95.